The first-order valence-electron chi connectivity index (χ1n) is 6.32. The third kappa shape index (κ3) is 3.86. The van der Waals surface area contributed by atoms with E-state index in [2.05, 4.69) is 5.32 Å². The normalized spacial score (nSPS) is 10.2. The summed E-state index contributed by atoms with van der Waals surface area (Å²) >= 11 is 0. The molecule has 0 atom stereocenters. The standard InChI is InChI=1S/C15H17NO4/c1-18-10-8-16-15(17)14-12(7-9-19-14)11-20-13-5-3-2-4-6-13/h2-7,9H,8,10-11H2,1H3,(H,16,17). The third-order valence-electron chi connectivity index (χ3n) is 2.68. The molecule has 5 heteroatoms. The quantitative estimate of drug-likeness (QED) is 0.787. The van der Waals surface area contributed by atoms with Gasteiger partial charge in [0.1, 0.15) is 12.4 Å². The molecule has 0 fully saturated rings. The monoisotopic (exact) mass is 275 g/mol. The van der Waals surface area contributed by atoms with Crippen molar-refractivity contribution in [1.82, 2.24) is 5.32 Å². The van der Waals surface area contributed by atoms with Gasteiger partial charge < -0.3 is 19.2 Å². The van der Waals surface area contributed by atoms with Crippen molar-refractivity contribution in [3.8, 4) is 5.75 Å². The van der Waals surface area contributed by atoms with Crippen molar-refractivity contribution < 1.29 is 18.7 Å². The third-order valence-corrected chi connectivity index (χ3v) is 2.68. The molecule has 20 heavy (non-hydrogen) atoms. The molecular formula is C15H17NO4. The van der Waals surface area contributed by atoms with Crippen molar-refractivity contribution in [1.29, 1.82) is 0 Å². The van der Waals surface area contributed by atoms with E-state index in [0.29, 0.717) is 18.7 Å². The van der Waals surface area contributed by atoms with Crippen molar-refractivity contribution in [2.45, 2.75) is 6.61 Å². The zero-order chi connectivity index (χ0) is 14.2. The SMILES string of the molecule is COCCNC(=O)c1occc1COc1ccccc1. The molecule has 0 spiro atoms. The lowest BCUT2D eigenvalue weighted by Crippen LogP contribution is -2.27. The van der Waals surface area contributed by atoms with E-state index in [9.17, 15) is 4.79 Å². The lowest BCUT2D eigenvalue weighted by atomic mass is 10.2. The molecule has 1 N–H and O–H groups in total. The number of nitrogens with one attached hydrogen (secondary N) is 1. The summed E-state index contributed by atoms with van der Waals surface area (Å²) in [4.78, 5) is 11.9. The van der Waals surface area contributed by atoms with Gasteiger partial charge in [-0.25, -0.2) is 0 Å². The lowest BCUT2D eigenvalue weighted by molar-refractivity contribution is 0.0906. The van der Waals surface area contributed by atoms with Crippen LogP contribution >= 0.6 is 0 Å². The summed E-state index contributed by atoms with van der Waals surface area (Å²) in [5, 5.41) is 2.71. The van der Waals surface area contributed by atoms with E-state index in [4.69, 9.17) is 13.9 Å². The minimum Gasteiger partial charge on any atom is -0.489 e. The number of carbonyl (C=O) groups is 1. The summed E-state index contributed by atoms with van der Waals surface area (Å²) in [6, 6.07) is 11.1. The molecule has 0 aliphatic heterocycles. The summed E-state index contributed by atoms with van der Waals surface area (Å²) in [6.07, 6.45) is 1.48. The molecule has 1 aromatic carbocycles. The molecule has 0 saturated carbocycles. The maximum Gasteiger partial charge on any atom is 0.287 e. The topological polar surface area (TPSA) is 60.7 Å². The maximum absolute atomic E-state index is 11.9. The van der Waals surface area contributed by atoms with Gasteiger partial charge in [-0.3, -0.25) is 4.79 Å². The van der Waals surface area contributed by atoms with Crippen molar-refractivity contribution in [3.05, 3.63) is 54.0 Å². The Morgan fingerprint density at radius 2 is 2.05 bits per heavy atom. The number of carbonyl (C=O) groups excluding carboxylic acids is 1. The second kappa shape index (κ2) is 7.35. The van der Waals surface area contributed by atoms with Crippen molar-refractivity contribution >= 4 is 5.91 Å². The fraction of sp³-hybridized carbons (Fsp3) is 0.267. The summed E-state index contributed by atoms with van der Waals surface area (Å²) in [6.45, 7) is 1.19. The van der Waals surface area contributed by atoms with E-state index in [1.54, 1.807) is 13.2 Å². The summed E-state index contributed by atoms with van der Waals surface area (Å²) < 4.78 is 15.7. The van der Waals surface area contributed by atoms with E-state index in [-0.39, 0.29) is 18.3 Å². The smallest absolute Gasteiger partial charge is 0.287 e. The van der Waals surface area contributed by atoms with Crippen molar-refractivity contribution in [2.24, 2.45) is 0 Å². The van der Waals surface area contributed by atoms with Gasteiger partial charge in [-0.2, -0.15) is 0 Å². The van der Waals surface area contributed by atoms with Crippen LogP contribution in [0.5, 0.6) is 5.75 Å². The second-order valence-corrected chi connectivity index (χ2v) is 4.13. The Morgan fingerprint density at radius 1 is 1.25 bits per heavy atom. The molecule has 1 aromatic heterocycles. The number of methoxy groups -OCH3 is 1. The number of amides is 1. The van der Waals surface area contributed by atoms with E-state index >= 15 is 0 Å². The Morgan fingerprint density at radius 3 is 2.80 bits per heavy atom. The van der Waals surface area contributed by atoms with Crippen LogP contribution in [0.15, 0.2) is 47.1 Å². The molecule has 106 valence electrons. The predicted molar refractivity (Wildman–Crippen MR) is 73.7 cm³/mol. The number of rotatable bonds is 7. The highest BCUT2D eigenvalue weighted by molar-refractivity contribution is 5.92. The van der Waals surface area contributed by atoms with Crippen molar-refractivity contribution in [3.63, 3.8) is 0 Å². The van der Waals surface area contributed by atoms with Gasteiger partial charge in [0.2, 0.25) is 0 Å². The van der Waals surface area contributed by atoms with Gasteiger partial charge >= 0.3 is 0 Å². The molecule has 1 heterocycles. The first kappa shape index (κ1) is 14.1. The largest absolute Gasteiger partial charge is 0.489 e. The molecule has 0 unspecified atom stereocenters. The zero-order valence-corrected chi connectivity index (χ0v) is 11.3. The maximum atomic E-state index is 11.9. The van der Waals surface area contributed by atoms with Crippen LogP contribution in [0.3, 0.4) is 0 Å². The zero-order valence-electron chi connectivity index (χ0n) is 11.3. The van der Waals surface area contributed by atoms with Crippen molar-refractivity contribution in [2.75, 3.05) is 20.3 Å². The number of hydrogen-bond donors (Lipinski definition) is 1. The minimum absolute atomic E-state index is 0.265. The van der Waals surface area contributed by atoms with E-state index in [1.807, 2.05) is 30.3 Å². The van der Waals surface area contributed by atoms with Gasteiger partial charge in [-0.1, -0.05) is 18.2 Å². The molecule has 0 radical (unpaired) electrons. The molecule has 2 aromatic rings. The fourth-order valence-electron chi connectivity index (χ4n) is 1.67. The summed E-state index contributed by atoms with van der Waals surface area (Å²) in [7, 11) is 1.58. The highest BCUT2D eigenvalue weighted by atomic mass is 16.5. The van der Waals surface area contributed by atoms with Crippen LogP contribution in [-0.2, 0) is 11.3 Å². The summed E-state index contributed by atoms with van der Waals surface area (Å²) in [5.41, 5.74) is 0.712. The Bertz CT molecular complexity index is 536. The van der Waals surface area contributed by atoms with Crippen LogP contribution in [0.4, 0.5) is 0 Å². The van der Waals surface area contributed by atoms with Crippen LogP contribution in [0, 0.1) is 0 Å². The number of ether oxygens (including phenoxy) is 2. The molecule has 0 saturated heterocycles. The van der Waals surface area contributed by atoms with Gasteiger partial charge in [0.15, 0.2) is 5.76 Å². The Hall–Kier alpha value is -2.27. The van der Waals surface area contributed by atoms with Gasteiger partial charge in [0.05, 0.1) is 12.9 Å². The number of furan rings is 1. The molecule has 0 aliphatic rings. The second-order valence-electron chi connectivity index (χ2n) is 4.13. The Labute approximate surface area is 117 Å². The van der Waals surface area contributed by atoms with Gasteiger partial charge in [0.25, 0.3) is 5.91 Å². The van der Waals surface area contributed by atoms with Crippen LogP contribution in [-0.4, -0.2) is 26.2 Å². The van der Waals surface area contributed by atoms with Gasteiger partial charge in [0, 0.05) is 19.2 Å². The first-order chi connectivity index (χ1) is 9.81. The van der Waals surface area contributed by atoms with E-state index in [0.717, 1.165) is 5.75 Å². The predicted octanol–water partition coefficient (Wildman–Crippen LogP) is 2.23. The minimum atomic E-state index is -0.265. The first-order valence-corrected chi connectivity index (χ1v) is 6.32. The van der Waals surface area contributed by atoms with Crippen LogP contribution in [0.1, 0.15) is 16.1 Å². The number of para-hydroxylation sites is 1. The Balaban J connectivity index is 1.93. The average molecular weight is 275 g/mol. The number of benzene rings is 1. The Kier molecular flexibility index (Phi) is 5.20. The molecule has 0 bridgehead atoms. The van der Waals surface area contributed by atoms with E-state index < -0.39 is 0 Å². The molecular weight excluding hydrogens is 258 g/mol. The average Bonchev–Trinajstić information content (AvgIpc) is 2.95. The van der Waals surface area contributed by atoms with E-state index in [1.165, 1.54) is 6.26 Å². The van der Waals surface area contributed by atoms with Crippen LogP contribution < -0.4 is 10.1 Å². The number of hydrogen-bond acceptors (Lipinski definition) is 4. The molecule has 2 rings (SSSR count). The fourth-order valence-corrected chi connectivity index (χ4v) is 1.67. The lowest BCUT2D eigenvalue weighted by Gasteiger charge is -2.06. The molecule has 1 amide bonds. The summed E-state index contributed by atoms with van der Waals surface area (Å²) in [5.74, 6) is 0.759. The highest BCUT2D eigenvalue weighted by Crippen LogP contribution is 2.15. The van der Waals surface area contributed by atoms with Crippen LogP contribution in [0.2, 0.25) is 0 Å². The molecule has 0 aliphatic carbocycles. The van der Waals surface area contributed by atoms with Crippen LogP contribution in [0.25, 0.3) is 0 Å². The van der Waals surface area contributed by atoms with Gasteiger partial charge in [-0.05, 0) is 18.2 Å². The van der Waals surface area contributed by atoms with Gasteiger partial charge in [-0.15, -0.1) is 0 Å². The highest BCUT2D eigenvalue weighted by Gasteiger charge is 2.15. The molecule has 5 nitrogen and oxygen atoms in total.